The number of rotatable bonds is 6. The second-order valence-corrected chi connectivity index (χ2v) is 4.90. The molecule has 4 N–H and O–H groups in total. The molecule has 2 aromatic rings. The molecule has 0 fully saturated rings. The van der Waals surface area contributed by atoms with Crippen LogP contribution in [0.4, 0.5) is 0 Å². The molecule has 0 aliphatic rings. The lowest BCUT2D eigenvalue weighted by molar-refractivity contribution is 0.315. The summed E-state index contributed by atoms with van der Waals surface area (Å²) in [4.78, 5) is 4.35. The third-order valence-electron chi connectivity index (χ3n) is 3.33. The summed E-state index contributed by atoms with van der Waals surface area (Å²) in [6, 6.07) is 15.8. The first kappa shape index (κ1) is 15.0. The van der Waals surface area contributed by atoms with Crippen molar-refractivity contribution in [1.82, 2.24) is 10.3 Å². The van der Waals surface area contributed by atoms with E-state index in [9.17, 15) is 0 Å². The maximum absolute atomic E-state index is 8.80. The van der Waals surface area contributed by atoms with E-state index < -0.39 is 0 Å². The van der Waals surface area contributed by atoms with Crippen LogP contribution in [0.5, 0.6) is 0 Å². The number of pyridine rings is 1. The molecule has 21 heavy (non-hydrogen) atoms. The molecule has 110 valence electrons. The second-order valence-electron chi connectivity index (χ2n) is 4.90. The van der Waals surface area contributed by atoms with Gasteiger partial charge in [-0.15, -0.1) is 0 Å². The fourth-order valence-corrected chi connectivity index (χ4v) is 2.23. The van der Waals surface area contributed by atoms with E-state index in [2.05, 4.69) is 15.5 Å². The van der Waals surface area contributed by atoms with Gasteiger partial charge in [0.05, 0.1) is 5.69 Å². The van der Waals surface area contributed by atoms with Gasteiger partial charge in [-0.05, 0) is 24.6 Å². The molecule has 0 amide bonds. The van der Waals surface area contributed by atoms with Crippen molar-refractivity contribution in [3.63, 3.8) is 0 Å². The van der Waals surface area contributed by atoms with Gasteiger partial charge in [0.15, 0.2) is 0 Å². The molecule has 0 radical (unpaired) electrons. The Labute approximate surface area is 124 Å². The largest absolute Gasteiger partial charge is 0.409 e. The third-order valence-corrected chi connectivity index (χ3v) is 3.33. The smallest absolute Gasteiger partial charge is 0.141 e. The fraction of sp³-hybridized carbons (Fsp3) is 0.250. The quantitative estimate of drug-likeness (QED) is 0.329. The maximum Gasteiger partial charge on any atom is 0.141 e. The van der Waals surface area contributed by atoms with Crippen molar-refractivity contribution >= 4 is 5.84 Å². The van der Waals surface area contributed by atoms with Crippen molar-refractivity contribution in [2.24, 2.45) is 10.9 Å². The molecule has 0 bridgehead atoms. The van der Waals surface area contributed by atoms with Crippen LogP contribution < -0.4 is 11.1 Å². The van der Waals surface area contributed by atoms with Crippen molar-refractivity contribution in [1.29, 1.82) is 0 Å². The Morgan fingerprint density at radius 2 is 1.95 bits per heavy atom. The summed E-state index contributed by atoms with van der Waals surface area (Å²) in [5.41, 5.74) is 7.72. The minimum Gasteiger partial charge on any atom is -0.409 e. The number of aromatic nitrogens is 1. The summed E-state index contributed by atoms with van der Waals surface area (Å²) in [6.07, 6.45) is 2.20. The Balaban J connectivity index is 2.16. The molecular formula is C16H20N4O. The average molecular weight is 284 g/mol. The molecule has 5 nitrogen and oxygen atoms in total. The highest BCUT2D eigenvalue weighted by atomic mass is 16.4. The molecule has 1 aromatic heterocycles. The normalized spacial score (nSPS) is 14.6. The van der Waals surface area contributed by atoms with Gasteiger partial charge in [-0.2, -0.15) is 0 Å². The summed E-state index contributed by atoms with van der Waals surface area (Å²) in [7, 11) is 0. The Bertz CT molecular complexity index is 571. The average Bonchev–Trinajstić information content (AvgIpc) is 2.55. The molecule has 0 saturated heterocycles. The van der Waals surface area contributed by atoms with E-state index in [1.54, 1.807) is 6.20 Å². The zero-order valence-corrected chi connectivity index (χ0v) is 12.0. The van der Waals surface area contributed by atoms with E-state index in [0.717, 1.165) is 11.3 Å². The van der Waals surface area contributed by atoms with Crippen LogP contribution in [0.1, 0.15) is 36.7 Å². The van der Waals surface area contributed by atoms with Crippen molar-refractivity contribution in [3.05, 3.63) is 66.0 Å². The van der Waals surface area contributed by atoms with E-state index in [0.29, 0.717) is 6.42 Å². The predicted molar refractivity (Wildman–Crippen MR) is 83.0 cm³/mol. The van der Waals surface area contributed by atoms with Gasteiger partial charge in [0.25, 0.3) is 0 Å². The number of nitrogens with zero attached hydrogens (tertiary/aromatic N) is 2. The van der Waals surface area contributed by atoms with Crippen LogP contribution in [0.2, 0.25) is 0 Å². The standard InChI is InChI=1S/C16H20N4O/c1-12(14-9-5-6-10-18-14)19-15(11-16(17)20-21)13-7-3-2-4-8-13/h2-10,12,15,19,21H,11H2,1H3,(H2,17,20)/t12-,15?/m1/s1. The van der Waals surface area contributed by atoms with Crippen LogP contribution in [0.15, 0.2) is 59.9 Å². The van der Waals surface area contributed by atoms with Crippen molar-refractivity contribution in [2.75, 3.05) is 0 Å². The molecule has 0 aliphatic heterocycles. The monoisotopic (exact) mass is 284 g/mol. The van der Waals surface area contributed by atoms with Gasteiger partial charge in [-0.25, -0.2) is 0 Å². The first-order valence-electron chi connectivity index (χ1n) is 6.89. The first-order valence-corrected chi connectivity index (χ1v) is 6.89. The van der Waals surface area contributed by atoms with Crippen LogP contribution in [0, 0.1) is 0 Å². The maximum atomic E-state index is 8.80. The van der Waals surface area contributed by atoms with Gasteiger partial charge in [0.2, 0.25) is 0 Å². The molecule has 1 aromatic carbocycles. The first-order chi connectivity index (χ1) is 10.2. The van der Waals surface area contributed by atoms with Crippen LogP contribution in [-0.2, 0) is 0 Å². The molecule has 5 heteroatoms. The lowest BCUT2D eigenvalue weighted by Crippen LogP contribution is -2.29. The highest BCUT2D eigenvalue weighted by molar-refractivity contribution is 5.80. The van der Waals surface area contributed by atoms with Crippen LogP contribution >= 0.6 is 0 Å². The van der Waals surface area contributed by atoms with E-state index in [-0.39, 0.29) is 17.9 Å². The van der Waals surface area contributed by atoms with Gasteiger partial charge < -0.3 is 16.3 Å². The molecule has 2 rings (SSSR count). The third kappa shape index (κ3) is 4.29. The summed E-state index contributed by atoms with van der Waals surface area (Å²) in [5.74, 6) is 0.199. The molecule has 1 unspecified atom stereocenters. The number of amidine groups is 1. The number of benzene rings is 1. The topological polar surface area (TPSA) is 83.5 Å². The zero-order chi connectivity index (χ0) is 15.1. The number of nitrogens with one attached hydrogen (secondary N) is 1. The molecule has 0 saturated carbocycles. The molecule has 1 heterocycles. The van der Waals surface area contributed by atoms with E-state index >= 15 is 0 Å². The van der Waals surface area contributed by atoms with Gasteiger partial charge >= 0.3 is 0 Å². The number of nitrogens with two attached hydrogens (primary N) is 1. The highest BCUT2D eigenvalue weighted by Gasteiger charge is 2.17. The fourth-order valence-electron chi connectivity index (χ4n) is 2.23. The lowest BCUT2D eigenvalue weighted by atomic mass is 10.0. The van der Waals surface area contributed by atoms with Crippen LogP contribution in [-0.4, -0.2) is 16.0 Å². The van der Waals surface area contributed by atoms with Crippen LogP contribution in [0.3, 0.4) is 0 Å². The molecule has 0 spiro atoms. The SMILES string of the molecule is C[C@@H](NC(C/C(N)=N/O)c1ccccc1)c1ccccn1. The van der Waals surface area contributed by atoms with Gasteiger partial charge in [-0.3, -0.25) is 4.98 Å². The number of hydrogen-bond acceptors (Lipinski definition) is 4. The van der Waals surface area contributed by atoms with Gasteiger partial charge in [0, 0.05) is 24.7 Å². The van der Waals surface area contributed by atoms with E-state index in [1.165, 1.54) is 0 Å². The van der Waals surface area contributed by atoms with Gasteiger partial charge in [0.1, 0.15) is 5.84 Å². The van der Waals surface area contributed by atoms with E-state index in [1.807, 2.05) is 55.5 Å². The highest BCUT2D eigenvalue weighted by Crippen LogP contribution is 2.21. The number of hydrogen-bond donors (Lipinski definition) is 3. The minimum absolute atomic E-state index is 0.0425. The van der Waals surface area contributed by atoms with Gasteiger partial charge in [-0.1, -0.05) is 41.6 Å². The number of oxime groups is 1. The Hall–Kier alpha value is -2.40. The second kappa shape index (κ2) is 7.40. The summed E-state index contributed by atoms with van der Waals surface area (Å²) in [6.45, 7) is 2.05. The van der Waals surface area contributed by atoms with Crippen LogP contribution in [0.25, 0.3) is 0 Å². The lowest BCUT2D eigenvalue weighted by Gasteiger charge is -2.23. The zero-order valence-electron chi connectivity index (χ0n) is 12.0. The summed E-state index contributed by atoms with van der Waals surface area (Å²) >= 11 is 0. The molecule has 2 atom stereocenters. The molecular weight excluding hydrogens is 264 g/mol. The van der Waals surface area contributed by atoms with Crippen molar-refractivity contribution < 1.29 is 5.21 Å². The summed E-state index contributed by atoms with van der Waals surface area (Å²) in [5, 5.41) is 15.4. The summed E-state index contributed by atoms with van der Waals surface area (Å²) < 4.78 is 0. The predicted octanol–water partition coefficient (Wildman–Crippen LogP) is 2.61. The Morgan fingerprint density at radius 3 is 2.57 bits per heavy atom. The van der Waals surface area contributed by atoms with Crippen molar-refractivity contribution in [3.8, 4) is 0 Å². The Morgan fingerprint density at radius 1 is 1.24 bits per heavy atom. The Kier molecular flexibility index (Phi) is 5.29. The van der Waals surface area contributed by atoms with Crippen molar-refractivity contribution in [2.45, 2.75) is 25.4 Å². The minimum atomic E-state index is -0.0425. The molecule has 0 aliphatic carbocycles. The van der Waals surface area contributed by atoms with E-state index in [4.69, 9.17) is 10.9 Å².